The van der Waals surface area contributed by atoms with Crippen molar-refractivity contribution < 1.29 is 19.8 Å². The number of amides is 2. The predicted octanol–water partition coefficient (Wildman–Crippen LogP) is 1.86. The number of carbonyl (C=O) groups is 2. The van der Waals surface area contributed by atoms with Crippen LogP contribution < -0.4 is 4.90 Å². The molecule has 2 N–H and O–H groups in total. The topological polar surface area (TPSA) is 94.0 Å². The Morgan fingerprint density at radius 3 is 2.79 bits per heavy atom. The fourth-order valence-electron chi connectivity index (χ4n) is 4.16. The number of hydrogen-bond acceptors (Lipinski definition) is 6. The number of rotatable bonds is 4. The normalized spacial score (nSPS) is 21.7. The lowest BCUT2D eigenvalue weighted by atomic mass is 9.81. The molecule has 0 saturated carbocycles. The molecule has 1 unspecified atom stereocenters. The maximum absolute atomic E-state index is 13.0. The molecule has 0 aliphatic carbocycles. The van der Waals surface area contributed by atoms with Crippen LogP contribution in [0.2, 0.25) is 9.36 Å². The number of nitrogens with zero attached hydrogens (tertiary/aromatic N) is 3. The lowest BCUT2D eigenvalue weighted by Gasteiger charge is -2.26. The Labute approximate surface area is 181 Å². The van der Waals surface area contributed by atoms with E-state index in [2.05, 4.69) is 4.98 Å². The summed E-state index contributed by atoms with van der Waals surface area (Å²) in [7, 11) is 0. The van der Waals surface area contributed by atoms with Crippen LogP contribution in [0.1, 0.15) is 17.0 Å². The third kappa shape index (κ3) is 3.75. The number of aliphatic hydroxyl groups excluding tert-OH is 2. The van der Waals surface area contributed by atoms with Gasteiger partial charge in [0.1, 0.15) is 9.34 Å². The molecule has 29 heavy (non-hydrogen) atoms. The first-order chi connectivity index (χ1) is 13.8. The molecule has 4 rings (SSSR count). The quantitative estimate of drug-likeness (QED) is 0.733. The van der Waals surface area contributed by atoms with Crippen LogP contribution in [0, 0.1) is 0 Å². The maximum atomic E-state index is 13.0. The first-order valence-electron chi connectivity index (χ1n) is 9.11. The predicted molar refractivity (Wildman–Crippen MR) is 111 cm³/mol. The summed E-state index contributed by atoms with van der Waals surface area (Å²) in [6.07, 6.45) is 0.872. The fourth-order valence-corrected chi connectivity index (χ4v) is 5.28. The lowest BCUT2D eigenvalue weighted by molar-refractivity contribution is -0.141. The van der Waals surface area contributed by atoms with Crippen LogP contribution in [-0.4, -0.2) is 64.3 Å². The Morgan fingerprint density at radius 1 is 1.31 bits per heavy atom. The van der Waals surface area contributed by atoms with Gasteiger partial charge in [0.05, 0.1) is 19.2 Å². The number of anilines is 1. The average Bonchev–Trinajstić information content (AvgIpc) is 3.39. The lowest BCUT2D eigenvalue weighted by Crippen LogP contribution is -2.43. The number of fused-ring (bicyclic) bond motifs is 2. The van der Waals surface area contributed by atoms with Gasteiger partial charge in [-0.3, -0.25) is 9.59 Å². The van der Waals surface area contributed by atoms with Crippen molar-refractivity contribution in [3.63, 3.8) is 0 Å². The molecule has 3 heterocycles. The first kappa shape index (κ1) is 20.6. The van der Waals surface area contributed by atoms with Crippen LogP contribution in [-0.2, 0) is 21.4 Å². The van der Waals surface area contributed by atoms with E-state index in [0.717, 1.165) is 11.3 Å². The van der Waals surface area contributed by atoms with Gasteiger partial charge in [-0.05, 0) is 30.2 Å². The van der Waals surface area contributed by atoms with Crippen molar-refractivity contribution >= 4 is 52.0 Å². The van der Waals surface area contributed by atoms with Crippen molar-refractivity contribution in [3.05, 3.63) is 44.3 Å². The highest BCUT2D eigenvalue weighted by Gasteiger charge is 2.50. The Bertz CT molecular complexity index is 969. The first-order valence-corrected chi connectivity index (χ1v) is 10.7. The van der Waals surface area contributed by atoms with Crippen molar-refractivity contribution in [3.8, 4) is 0 Å². The third-order valence-corrected chi connectivity index (χ3v) is 6.88. The number of carbonyl (C=O) groups excluding carboxylic acids is 2. The molecule has 2 aliphatic rings. The van der Waals surface area contributed by atoms with Crippen LogP contribution in [0.3, 0.4) is 0 Å². The van der Waals surface area contributed by atoms with Gasteiger partial charge in [-0.15, -0.1) is 11.3 Å². The highest BCUT2D eigenvalue weighted by atomic mass is 35.5. The number of likely N-dealkylation sites (tertiary alicyclic amines) is 1. The molecule has 2 atom stereocenters. The number of aromatic nitrogens is 1. The van der Waals surface area contributed by atoms with Gasteiger partial charge in [0.15, 0.2) is 6.10 Å². The molecule has 1 aromatic carbocycles. The zero-order valence-electron chi connectivity index (χ0n) is 15.3. The summed E-state index contributed by atoms with van der Waals surface area (Å²) < 4.78 is 0.533. The zero-order valence-corrected chi connectivity index (χ0v) is 17.7. The summed E-state index contributed by atoms with van der Waals surface area (Å²) >= 11 is 13.4. The van der Waals surface area contributed by atoms with E-state index in [4.69, 9.17) is 28.3 Å². The zero-order chi connectivity index (χ0) is 20.8. The molecular formula is C19H19Cl2N3O4S. The Morgan fingerprint density at radius 2 is 2.10 bits per heavy atom. The van der Waals surface area contributed by atoms with Crippen molar-refractivity contribution in [2.75, 3.05) is 31.1 Å². The van der Waals surface area contributed by atoms with E-state index in [0.29, 0.717) is 40.4 Å². The fraction of sp³-hybridized carbons (Fsp3) is 0.421. The van der Waals surface area contributed by atoms with Crippen LogP contribution in [0.15, 0.2) is 24.4 Å². The maximum Gasteiger partial charge on any atom is 0.253 e. The number of hydrogen-bond donors (Lipinski definition) is 2. The van der Waals surface area contributed by atoms with Gasteiger partial charge in [0.2, 0.25) is 5.91 Å². The standard InChI is InChI=1S/C19H19Cl2N3O4S/c20-11-1-2-13-12(5-11)19(3-4-23(9-19)18(28)14(26)8-25)10-24(13)17(27)6-16-22-7-15(21)29-16/h1-2,5,7,14,25-26H,3-4,6,8-10H2/t14-,19?/m0/s1. The van der Waals surface area contributed by atoms with Crippen molar-refractivity contribution in [2.45, 2.75) is 24.4 Å². The van der Waals surface area contributed by atoms with Crippen molar-refractivity contribution in [2.24, 2.45) is 0 Å². The molecule has 1 aromatic heterocycles. The minimum atomic E-state index is -1.43. The second kappa shape index (κ2) is 7.85. The Kier molecular flexibility index (Phi) is 5.56. The Balaban J connectivity index is 1.62. The SMILES string of the molecule is O=C([C@@H](O)CO)N1CCC2(C1)CN(C(=O)Cc1ncc(Cl)s1)c1ccc(Cl)cc12. The molecule has 154 valence electrons. The van der Waals surface area contributed by atoms with E-state index in [-0.39, 0.29) is 12.3 Å². The van der Waals surface area contributed by atoms with Gasteiger partial charge in [-0.25, -0.2) is 4.98 Å². The largest absolute Gasteiger partial charge is 0.393 e. The van der Waals surface area contributed by atoms with E-state index < -0.39 is 24.0 Å². The summed E-state index contributed by atoms with van der Waals surface area (Å²) in [5, 5.41) is 20.0. The van der Waals surface area contributed by atoms with E-state index in [1.807, 2.05) is 12.1 Å². The number of thiazole rings is 1. The molecule has 1 fully saturated rings. The summed E-state index contributed by atoms with van der Waals surface area (Å²) in [4.78, 5) is 32.8. The highest BCUT2D eigenvalue weighted by Crippen LogP contribution is 2.47. The second-order valence-corrected chi connectivity index (χ2v) is 9.55. The van der Waals surface area contributed by atoms with E-state index in [1.165, 1.54) is 17.5 Å². The van der Waals surface area contributed by atoms with Gasteiger partial charge in [-0.2, -0.15) is 0 Å². The number of benzene rings is 1. The summed E-state index contributed by atoms with van der Waals surface area (Å²) in [6.45, 7) is 0.584. The second-order valence-electron chi connectivity index (χ2n) is 7.36. The van der Waals surface area contributed by atoms with Gasteiger partial charge >= 0.3 is 0 Å². The number of halogens is 2. The monoisotopic (exact) mass is 455 g/mol. The summed E-state index contributed by atoms with van der Waals surface area (Å²) in [6, 6.07) is 5.42. The summed E-state index contributed by atoms with van der Waals surface area (Å²) in [5.41, 5.74) is 1.24. The van der Waals surface area contributed by atoms with Crippen LogP contribution in [0.4, 0.5) is 5.69 Å². The van der Waals surface area contributed by atoms with Crippen molar-refractivity contribution in [1.29, 1.82) is 0 Å². The number of aliphatic hydroxyl groups is 2. The minimum Gasteiger partial charge on any atom is -0.393 e. The molecular weight excluding hydrogens is 437 g/mol. The highest BCUT2D eigenvalue weighted by molar-refractivity contribution is 7.15. The van der Waals surface area contributed by atoms with E-state index in [9.17, 15) is 14.7 Å². The average molecular weight is 456 g/mol. The molecule has 7 nitrogen and oxygen atoms in total. The van der Waals surface area contributed by atoms with Gasteiger partial charge in [0, 0.05) is 35.8 Å². The molecule has 2 aliphatic heterocycles. The minimum absolute atomic E-state index is 0.100. The van der Waals surface area contributed by atoms with E-state index in [1.54, 1.807) is 15.9 Å². The molecule has 0 bridgehead atoms. The molecule has 2 amide bonds. The van der Waals surface area contributed by atoms with Gasteiger partial charge in [-0.1, -0.05) is 23.2 Å². The molecule has 0 radical (unpaired) electrons. The van der Waals surface area contributed by atoms with Crippen molar-refractivity contribution in [1.82, 2.24) is 9.88 Å². The molecule has 10 heteroatoms. The molecule has 2 aromatic rings. The molecule has 1 spiro atoms. The van der Waals surface area contributed by atoms with Crippen LogP contribution in [0.5, 0.6) is 0 Å². The van der Waals surface area contributed by atoms with Gasteiger partial charge in [0.25, 0.3) is 5.91 Å². The van der Waals surface area contributed by atoms with Crippen LogP contribution >= 0.6 is 34.5 Å². The van der Waals surface area contributed by atoms with Gasteiger partial charge < -0.3 is 20.0 Å². The smallest absolute Gasteiger partial charge is 0.253 e. The van der Waals surface area contributed by atoms with Crippen LogP contribution in [0.25, 0.3) is 0 Å². The molecule has 1 saturated heterocycles. The summed E-state index contributed by atoms with van der Waals surface area (Å²) in [5.74, 6) is -0.605. The Hall–Kier alpha value is -1.71. The third-order valence-electron chi connectivity index (χ3n) is 5.53. The van der Waals surface area contributed by atoms with E-state index >= 15 is 0 Å².